The first-order valence-electron chi connectivity index (χ1n) is 11.7. The lowest BCUT2D eigenvalue weighted by atomic mass is 10.1. The average Bonchev–Trinajstić information content (AvgIpc) is 2.88. The van der Waals surface area contributed by atoms with E-state index in [1.165, 1.54) is 17.7 Å². The zero-order chi connectivity index (χ0) is 24.6. The van der Waals surface area contributed by atoms with Gasteiger partial charge in [-0.1, -0.05) is 31.2 Å². The average molecular weight is 477 g/mol. The summed E-state index contributed by atoms with van der Waals surface area (Å²) in [5.41, 5.74) is 4.25. The Morgan fingerprint density at radius 2 is 1.71 bits per heavy atom. The maximum absolute atomic E-state index is 13.4. The van der Waals surface area contributed by atoms with Crippen LogP contribution in [0.1, 0.15) is 28.4 Å². The monoisotopic (exact) mass is 476 g/mol. The maximum Gasteiger partial charge on any atom is 0.323 e. The smallest absolute Gasteiger partial charge is 0.323 e. The second-order valence-electron chi connectivity index (χ2n) is 8.27. The van der Waals surface area contributed by atoms with Crippen LogP contribution in [0.3, 0.4) is 0 Å². The number of benzene rings is 3. The molecule has 1 saturated heterocycles. The summed E-state index contributed by atoms with van der Waals surface area (Å²) < 4.78 is 18.9. The number of ether oxygens (including phenoxy) is 1. The third-order valence-corrected chi connectivity index (χ3v) is 5.82. The minimum absolute atomic E-state index is 0.193. The van der Waals surface area contributed by atoms with E-state index in [9.17, 15) is 14.0 Å². The first-order valence-corrected chi connectivity index (χ1v) is 11.7. The van der Waals surface area contributed by atoms with E-state index < -0.39 is 6.03 Å². The Hall–Kier alpha value is -3.91. The molecule has 4 rings (SSSR count). The van der Waals surface area contributed by atoms with Crippen LogP contribution in [-0.2, 0) is 17.7 Å². The Morgan fingerprint density at radius 3 is 2.43 bits per heavy atom. The van der Waals surface area contributed by atoms with Crippen LogP contribution in [0.25, 0.3) is 0 Å². The van der Waals surface area contributed by atoms with Crippen LogP contribution in [0.4, 0.5) is 26.2 Å². The van der Waals surface area contributed by atoms with E-state index in [2.05, 4.69) is 27.8 Å². The van der Waals surface area contributed by atoms with Crippen molar-refractivity contribution >= 4 is 29.0 Å². The van der Waals surface area contributed by atoms with Gasteiger partial charge in [-0.3, -0.25) is 4.79 Å². The Balaban J connectivity index is 1.50. The molecule has 3 aromatic rings. The molecule has 0 aliphatic carbocycles. The van der Waals surface area contributed by atoms with Crippen LogP contribution in [0.2, 0.25) is 0 Å². The third-order valence-electron chi connectivity index (χ3n) is 5.82. The van der Waals surface area contributed by atoms with Gasteiger partial charge in [-0.15, -0.1) is 0 Å². The molecule has 0 atom stereocenters. The molecule has 182 valence electrons. The van der Waals surface area contributed by atoms with Crippen LogP contribution < -0.4 is 20.9 Å². The molecule has 1 aliphatic rings. The van der Waals surface area contributed by atoms with Crippen molar-refractivity contribution in [3.8, 4) is 0 Å². The third kappa shape index (κ3) is 6.58. The minimum atomic E-state index is -0.402. The SMILES string of the molecule is CCc1ccc(NC(=O)Nc2cc(C(=O)NCc3cccc(F)c3)ccc2N2CCOCC2)cc1. The normalized spacial score (nSPS) is 13.3. The minimum Gasteiger partial charge on any atom is -0.378 e. The number of aryl methyl sites for hydroxylation is 1. The van der Waals surface area contributed by atoms with E-state index in [4.69, 9.17) is 4.74 Å². The van der Waals surface area contributed by atoms with Gasteiger partial charge >= 0.3 is 6.03 Å². The van der Waals surface area contributed by atoms with E-state index >= 15 is 0 Å². The van der Waals surface area contributed by atoms with Crippen molar-refractivity contribution in [2.24, 2.45) is 0 Å². The van der Waals surface area contributed by atoms with Crippen molar-refractivity contribution in [3.63, 3.8) is 0 Å². The van der Waals surface area contributed by atoms with Crippen molar-refractivity contribution in [2.45, 2.75) is 19.9 Å². The predicted octanol–water partition coefficient (Wildman–Crippen LogP) is 4.80. The summed E-state index contributed by atoms with van der Waals surface area (Å²) in [5.74, 6) is -0.671. The number of carbonyl (C=O) groups excluding carboxylic acids is 2. The number of hydrogen-bond donors (Lipinski definition) is 3. The number of amides is 3. The molecule has 35 heavy (non-hydrogen) atoms. The molecule has 0 saturated carbocycles. The summed E-state index contributed by atoms with van der Waals surface area (Å²) >= 11 is 0. The molecule has 0 spiro atoms. The van der Waals surface area contributed by atoms with E-state index in [1.807, 2.05) is 30.3 Å². The molecule has 0 unspecified atom stereocenters. The van der Waals surface area contributed by atoms with Gasteiger partial charge in [-0.2, -0.15) is 0 Å². The molecule has 1 heterocycles. The molecule has 3 aromatic carbocycles. The Labute approximate surface area is 204 Å². The maximum atomic E-state index is 13.4. The van der Waals surface area contributed by atoms with Crippen LogP contribution in [0.15, 0.2) is 66.7 Å². The fraction of sp³-hybridized carbons (Fsp3) is 0.259. The van der Waals surface area contributed by atoms with Crippen LogP contribution in [0, 0.1) is 5.82 Å². The molecule has 1 aliphatic heterocycles. The van der Waals surface area contributed by atoms with E-state index in [0.717, 1.165) is 12.1 Å². The first-order chi connectivity index (χ1) is 17.0. The van der Waals surface area contributed by atoms with Gasteiger partial charge in [0.15, 0.2) is 0 Å². The van der Waals surface area contributed by atoms with Crippen LogP contribution in [0.5, 0.6) is 0 Å². The van der Waals surface area contributed by atoms with Crippen LogP contribution in [-0.4, -0.2) is 38.2 Å². The van der Waals surface area contributed by atoms with E-state index in [-0.39, 0.29) is 18.3 Å². The zero-order valence-corrected chi connectivity index (χ0v) is 19.6. The highest BCUT2D eigenvalue weighted by Gasteiger charge is 2.18. The number of halogens is 1. The van der Waals surface area contributed by atoms with E-state index in [1.54, 1.807) is 24.3 Å². The van der Waals surface area contributed by atoms with Crippen molar-refractivity contribution in [1.29, 1.82) is 0 Å². The van der Waals surface area contributed by atoms with Crippen LogP contribution >= 0.6 is 0 Å². The number of rotatable bonds is 7. The molecule has 0 bridgehead atoms. The van der Waals surface area contributed by atoms with Gasteiger partial charge in [0, 0.05) is 30.9 Å². The van der Waals surface area contributed by atoms with Gasteiger partial charge in [0.25, 0.3) is 5.91 Å². The largest absolute Gasteiger partial charge is 0.378 e. The standard InChI is InChI=1S/C27H29FN4O3/c1-2-19-6-9-23(10-7-19)30-27(34)31-24-17-21(8-11-25(24)32-12-14-35-15-13-32)26(33)29-18-20-4-3-5-22(28)16-20/h3-11,16-17H,2,12-15,18H2,1H3,(H,29,33)(H2,30,31,34). The van der Waals surface area contributed by atoms with E-state index in [0.29, 0.717) is 48.8 Å². The summed E-state index contributed by atoms with van der Waals surface area (Å²) in [6.07, 6.45) is 0.920. The van der Waals surface area contributed by atoms with Crippen molar-refractivity contribution in [1.82, 2.24) is 5.32 Å². The number of anilines is 3. The van der Waals surface area contributed by atoms with Gasteiger partial charge < -0.3 is 25.6 Å². The molecule has 0 aromatic heterocycles. The zero-order valence-electron chi connectivity index (χ0n) is 19.6. The topological polar surface area (TPSA) is 82.7 Å². The lowest BCUT2D eigenvalue weighted by Crippen LogP contribution is -2.37. The summed E-state index contributed by atoms with van der Waals surface area (Å²) in [5, 5.41) is 8.55. The molecule has 8 heteroatoms. The lowest BCUT2D eigenvalue weighted by Gasteiger charge is -2.30. The van der Waals surface area contributed by atoms with Crippen molar-refractivity contribution in [2.75, 3.05) is 41.8 Å². The van der Waals surface area contributed by atoms with Gasteiger partial charge in [-0.05, 0) is 60.0 Å². The van der Waals surface area contributed by atoms with Gasteiger partial charge in [0.05, 0.1) is 24.6 Å². The number of hydrogen-bond acceptors (Lipinski definition) is 4. The fourth-order valence-electron chi connectivity index (χ4n) is 3.90. The molecule has 1 fully saturated rings. The molecular formula is C27H29FN4O3. The fourth-order valence-corrected chi connectivity index (χ4v) is 3.90. The Kier molecular flexibility index (Phi) is 7.95. The van der Waals surface area contributed by atoms with Gasteiger partial charge in [0.2, 0.25) is 0 Å². The first kappa shape index (κ1) is 24.2. The molecule has 0 radical (unpaired) electrons. The molecule has 7 nitrogen and oxygen atoms in total. The van der Waals surface area contributed by atoms with Crippen molar-refractivity contribution in [3.05, 3.63) is 89.2 Å². The predicted molar refractivity (Wildman–Crippen MR) is 136 cm³/mol. The molecular weight excluding hydrogens is 447 g/mol. The highest BCUT2D eigenvalue weighted by Crippen LogP contribution is 2.28. The Bertz CT molecular complexity index is 1180. The number of urea groups is 1. The summed E-state index contributed by atoms with van der Waals surface area (Å²) in [4.78, 5) is 27.7. The second-order valence-corrected chi connectivity index (χ2v) is 8.27. The highest BCUT2D eigenvalue weighted by molar-refractivity contribution is 6.04. The summed E-state index contributed by atoms with van der Waals surface area (Å²) in [6, 6.07) is 18.5. The van der Waals surface area contributed by atoms with Gasteiger partial charge in [0.1, 0.15) is 5.82 Å². The second kappa shape index (κ2) is 11.5. The number of nitrogens with one attached hydrogen (secondary N) is 3. The summed E-state index contributed by atoms with van der Waals surface area (Å²) in [6.45, 7) is 4.80. The summed E-state index contributed by atoms with van der Waals surface area (Å²) in [7, 11) is 0. The Morgan fingerprint density at radius 1 is 0.943 bits per heavy atom. The lowest BCUT2D eigenvalue weighted by molar-refractivity contribution is 0.0950. The number of nitrogens with zero attached hydrogens (tertiary/aromatic N) is 1. The molecule has 3 N–H and O–H groups in total. The number of morpholine rings is 1. The number of carbonyl (C=O) groups is 2. The quantitative estimate of drug-likeness (QED) is 0.458. The molecule has 3 amide bonds. The van der Waals surface area contributed by atoms with Gasteiger partial charge in [-0.25, -0.2) is 9.18 Å². The van der Waals surface area contributed by atoms with Crippen molar-refractivity contribution < 1.29 is 18.7 Å². The highest BCUT2D eigenvalue weighted by atomic mass is 19.1.